The molecule has 0 aliphatic rings. The van der Waals surface area contributed by atoms with Crippen LogP contribution in [0, 0.1) is 30.9 Å². The lowest BCUT2D eigenvalue weighted by molar-refractivity contribution is -0.384. The Morgan fingerprint density at radius 1 is 1.33 bits per heavy atom. The summed E-state index contributed by atoms with van der Waals surface area (Å²) in [4.78, 5) is 10.8. The van der Waals surface area contributed by atoms with Crippen molar-refractivity contribution in [3.63, 3.8) is 0 Å². The van der Waals surface area contributed by atoms with Crippen LogP contribution in [-0.2, 0) is 7.05 Å². The molecule has 1 heterocycles. The summed E-state index contributed by atoms with van der Waals surface area (Å²) in [7, 11) is 1.71. The maximum atomic E-state index is 11.2. The van der Waals surface area contributed by atoms with Gasteiger partial charge < -0.3 is 5.32 Å². The molecule has 0 saturated carbocycles. The highest BCUT2D eigenvalue weighted by Crippen LogP contribution is 2.31. The predicted octanol–water partition coefficient (Wildman–Crippen LogP) is 3.43. The minimum absolute atomic E-state index is 0.0367. The number of anilines is 1. The van der Waals surface area contributed by atoms with Crippen molar-refractivity contribution in [3.8, 4) is 0 Å². The Balaban J connectivity index is 2.38. The second kappa shape index (κ2) is 5.55. The van der Waals surface area contributed by atoms with Crippen molar-refractivity contribution in [2.75, 3.05) is 5.32 Å². The molecule has 0 amide bonds. The van der Waals surface area contributed by atoms with Gasteiger partial charge in [-0.15, -0.1) is 0 Å². The summed E-state index contributed by atoms with van der Waals surface area (Å²) in [5.41, 5.74) is 3.98. The molecule has 2 aromatic rings. The van der Waals surface area contributed by atoms with Crippen molar-refractivity contribution in [1.29, 1.82) is 0 Å². The second-order valence-corrected chi connectivity index (χ2v) is 5.32. The fraction of sp³-hybridized carbons (Fsp3) is 0.400. The molecule has 0 spiro atoms. The highest BCUT2D eigenvalue weighted by atomic mass is 16.6. The van der Waals surface area contributed by atoms with Gasteiger partial charge in [0.15, 0.2) is 0 Å². The van der Waals surface area contributed by atoms with Crippen LogP contribution in [0.4, 0.5) is 11.5 Å². The van der Waals surface area contributed by atoms with E-state index in [0.717, 1.165) is 5.56 Å². The van der Waals surface area contributed by atoms with Gasteiger partial charge in [0.05, 0.1) is 11.0 Å². The maximum Gasteiger partial charge on any atom is 0.333 e. The molecule has 1 N–H and O–H groups in total. The first-order valence-corrected chi connectivity index (χ1v) is 6.83. The number of benzene rings is 1. The van der Waals surface area contributed by atoms with E-state index in [1.165, 1.54) is 15.8 Å². The first-order valence-electron chi connectivity index (χ1n) is 6.83. The number of nitro groups is 1. The summed E-state index contributed by atoms with van der Waals surface area (Å²) >= 11 is 0. The Labute approximate surface area is 123 Å². The number of rotatable bonds is 4. The molecule has 0 aliphatic carbocycles. The van der Waals surface area contributed by atoms with E-state index in [2.05, 4.69) is 30.3 Å². The maximum absolute atomic E-state index is 11.2. The molecule has 6 nitrogen and oxygen atoms in total. The predicted molar refractivity (Wildman–Crippen MR) is 82.6 cm³/mol. The third-order valence-electron chi connectivity index (χ3n) is 3.84. The average molecular weight is 288 g/mol. The normalized spacial score (nSPS) is 12.2. The van der Waals surface area contributed by atoms with Gasteiger partial charge in [0.1, 0.15) is 5.69 Å². The quantitative estimate of drug-likeness (QED) is 0.691. The van der Waals surface area contributed by atoms with Crippen LogP contribution in [0.25, 0.3) is 0 Å². The molecule has 6 heteroatoms. The van der Waals surface area contributed by atoms with Crippen LogP contribution < -0.4 is 5.32 Å². The van der Waals surface area contributed by atoms with Crippen molar-refractivity contribution < 1.29 is 4.92 Å². The van der Waals surface area contributed by atoms with E-state index in [4.69, 9.17) is 0 Å². The standard InChI is InChI=1S/C15H20N4O2/c1-9-7-6-8-13(10(9)2)11(3)16-15-14(19(20)21)12(4)17-18(15)5/h6-8,11,16H,1-5H3. The molecule has 1 aromatic heterocycles. The van der Waals surface area contributed by atoms with Crippen LogP contribution in [0.5, 0.6) is 0 Å². The Kier molecular flexibility index (Phi) is 3.97. The molecule has 0 bridgehead atoms. The second-order valence-electron chi connectivity index (χ2n) is 5.32. The van der Waals surface area contributed by atoms with Crippen LogP contribution in [-0.4, -0.2) is 14.7 Å². The van der Waals surface area contributed by atoms with Crippen LogP contribution >= 0.6 is 0 Å². The molecule has 2 rings (SSSR count). The van der Waals surface area contributed by atoms with Gasteiger partial charge in [0, 0.05) is 7.05 Å². The first kappa shape index (κ1) is 15.0. The first-order chi connectivity index (χ1) is 9.82. The van der Waals surface area contributed by atoms with Gasteiger partial charge in [0.2, 0.25) is 5.82 Å². The lowest BCUT2D eigenvalue weighted by Gasteiger charge is -2.18. The minimum atomic E-state index is -0.388. The molecular weight excluding hydrogens is 268 g/mol. The minimum Gasteiger partial charge on any atom is -0.358 e. The molecule has 21 heavy (non-hydrogen) atoms. The lowest BCUT2D eigenvalue weighted by atomic mass is 9.98. The molecule has 0 saturated heterocycles. The Morgan fingerprint density at radius 3 is 2.62 bits per heavy atom. The lowest BCUT2D eigenvalue weighted by Crippen LogP contribution is -2.12. The summed E-state index contributed by atoms with van der Waals surface area (Å²) in [6.07, 6.45) is 0. The molecular formula is C15H20N4O2. The van der Waals surface area contributed by atoms with Crippen LogP contribution in [0.2, 0.25) is 0 Å². The third kappa shape index (κ3) is 2.74. The van der Waals surface area contributed by atoms with E-state index >= 15 is 0 Å². The Bertz CT molecular complexity index is 691. The number of nitrogens with one attached hydrogen (secondary N) is 1. The summed E-state index contributed by atoms with van der Waals surface area (Å²) in [5.74, 6) is 0.436. The fourth-order valence-corrected chi connectivity index (χ4v) is 2.55. The van der Waals surface area contributed by atoms with Crippen molar-refractivity contribution >= 4 is 11.5 Å². The number of hydrogen-bond acceptors (Lipinski definition) is 4. The Hall–Kier alpha value is -2.37. The SMILES string of the molecule is Cc1cccc(C(C)Nc2c([N+](=O)[O-])c(C)nn2C)c1C. The van der Waals surface area contributed by atoms with Crippen molar-refractivity contribution in [2.24, 2.45) is 7.05 Å². The van der Waals surface area contributed by atoms with Crippen molar-refractivity contribution in [3.05, 3.63) is 50.7 Å². The molecule has 112 valence electrons. The summed E-state index contributed by atoms with van der Waals surface area (Å²) < 4.78 is 1.52. The fourth-order valence-electron chi connectivity index (χ4n) is 2.55. The number of hydrogen-bond donors (Lipinski definition) is 1. The highest BCUT2D eigenvalue weighted by Gasteiger charge is 2.25. The summed E-state index contributed by atoms with van der Waals surface area (Å²) in [5, 5.41) is 18.6. The topological polar surface area (TPSA) is 73.0 Å². The largest absolute Gasteiger partial charge is 0.358 e. The zero-order valence-electron chi connectivity index (χ0n) is 13.0. The summed E-state index contributed by atoms with van der Waals surface area (Å²) in [6, 6.07) is 6.05. The van der Waals surface area contributed by atoms with E-state index in [-0.39, 0.29) is 16.7 Å². The van der Waals surface area contributed by atoms with Gasteiger partial charge in [-0.2, -0.15) is 5.10 Å². The molecule has 0 radical (unpaired) electrons. The van der Waals surface area contributed by atoms with Gasteiger partial charge >= 0.3 is 5.69 Å². The average Bonchev–Trinajstić information content (AvgIpc) is 2.67. The molecule has 1 atom stereocenters. The van der Waals surface area contributed by atoms with Crippen molar-refractivity contribution in [2.45, 2.75) is 33.7 Å². The van der Waals surface area contributed by atoms with Gasteiger partial charge in [-0.05, 0) is 44.4 Å². The van der Waals surface area contributed by atoms with Crippen LogP contribution in [0.3, 0.4) is 0 Å². The van der Waals surface area contributed by atoms with E-state index in [0.29, 0.717) is 11.5 Å². The van der Waals surface area contributed by atoms with Crippen LogP contribution in [0.15, 0.2) is 18.2 Å². The summed E-state index contributed by atoms with van der Waals surface area (Å²) in [6.45, 7) is 7.76. The molecule has 1 aromatic carbocycles. The monoisotopic (exact) mass is 288 g/mol. The van der Waals surface area contributed by atoms with Crippen LogP contribution in [0.1, 0.15) is 35.3 Å². The zero-order valence-corrected chi connectivity index (χ0v) is 13.0. The van der Waals surface area contributed by atoms with Crippen molar-refractivity contribution in [1.82, 2.24) is 9.78 Å². The number of aryl methyl sites for hydroxylation is 3. The highest BCUT2D eigenvalue weighted by molar-refractivity contribution is 5.60. The van der Waals surface area contributed by atoms with E-state index in [1.807, 2.05) is 19.1 Å². The van der Waals surface area contributed by atoms with E-state index < -0.39 is 0 Å². The molecule has 1 unspecified atom stereocenters. The van der Waals surface area contributed by atoms with E-state index in [1.54, 1.807) is 14.0 Å². The Morgan fingerprint density at radius 2 is 2.00 bits per heavy atom. The van der Waals surface area contributed by atoms with E-state index in [9.17, 15) is 10.1 Å². The third-order valence-corrected chi connectivity index (χ3v) is 3.84. The molecule has 0 aliphatic heterocycles. The number of nitrogens with zero attached hydrogens (tertiary/aromatic N) is 3. The van der Waals surface area contributed by atoms with Gasteiger partial charge in [-0.1, -0.05) is 18.2 Å². The van der Waals surface area contributed by atoms with Gasteiger partial charge in [0.25, 0.3) is 0 Å². The van der Waals surface area contributed by atoms with Gasteiger partial charge in [-0.25, -0.2) is 4.68 Å². The molecule has 0 fully saturated rings. The zero-order chi connectivity index (χ0) is 15.7. The number of aromatic nitrogens is 2. The smallest absolute Gasteiger partial charge is 0.333 e. The van der Waals surface area contributed by atoms with Gasteiger partial charge in [-0.3, -0.25) is 10.1 Å².